The van der Waals surface area contributed by atoms with Gasteiger partial charge in [0.05, 0.1) is 0 Å². The Hall–Kier alpha value is -0.580. The monoisotopic (exact) mass is 206 g/mol. The number of hydrogen-bond acceptors (Lipinski definition) is 2. The highest BCUT2D eigenvalue weighted by molar-refractivity contribution is 9.09. The number of urea groups is 1. The van der Waals surface area contributed by atoms with Gasteiger partial charge >= 0.3 is 6.03 Å². The maximum atomic E-state index is 10.8. The van der Waals surface area contributed by atoms with Crippen LogP contribution >= 0.6 is 15.9 Å². The minimum atomic E-state index is -0.393. The lowest BCUT2D eigenvalue weighted by atomic mass is 10.2. The van der Waals surface area contributed by atoms with Crippen molar-refractivity contribution < 1.29 is 9.59 Å². The van der Waals surface area contributed by atoms with Gasteiger partial charge in [-0.25, -0.2) is 4.79 Å². The van der Waals surface area contributed by atoms with Crippen LogP contribution in [-0.4, -0.2) is 23.3 Å². The number of alkyl halides is 1. The zero-order chi connectivity index (χ0) is 7.56. The van der Waals surface area contributed by atoms with Gasteiger partial charge in [-0.05, 0) is 6.42 Å². The minimum absolute atomic E-state index is 0.232. The first kappa shape index (κ1) is 7.53. The molecule has 0 spiro atoms. The number of amides is 3. The fourth-order valence-electron chi connectivity index (χ4n) is 0.771. The van der Waals surface area contributed by atoms with Gasteiger partial charge in [0.2, 0.25) is 0 Å². The summed E-state index contributed by atoms with van der Waals surface area (Å²) in [6.45, 7) is 0. The van der Waals surface area contributed by atoms with Crippen LogP contribution in [-0.2, 0) is 4.79 Å². The second-order valence-corrected chi connectivity index (χ2v) is 2.79. The summed E-state index contributed by atoms with van der Waals surface area (Å²) in [7, 11) is 0. The lowest BCUT2D eigenvalue weighted by Gasteiger charge is -2.01. The van der Waals surface area contributed by atoms with Crippen LogP contribution < -0.4 is 10.6 Å². The van der Waals surface area contributed by atoms with Crippen LogP contribution in [0.15, 0.2) is 0 Å². The van der Waals surface area contributed by atoms with Crippen molar-refractivity contribution in [3.8, 4) is 0 Å². The molecule has 0 saturated carbocycles. The zero-order valence-corrected chi connectivity index (χ0v) is 6.77. The van der Waals surface area contributed by atoms with Crippen LogP contribution in [0.1, 0.15) is 6.42 Å². The first-order valence-electron chi connectivity index (χ1n) is 2.91. The minimum Gasteiger partial charge on any atom is -0.326 e. The van der Waals surface area contributed by atoms with Crippen LogP contribution in [0.4, 0.5) is 4.79 Å². The highest BCUT2D eigenvalue weighted by Crippen LogP contribution is 2.00. The molecule has 0 aromatic heterocycles. The SMILES string of the molecule is O=C1NC(=O)[C@@H](CCBr)N1. The summed E-state index contributed by atoms with van der Waals surface area (Å²) in [4.78, 5) is 21.2. The van der Waals surface area contributed by atoms with Gasteiger partial charge in [0, 0.05) is 5.33 Å². The Morgan fingerprint density at radius 2 is 2.20 bits per heavy atom. The Kier molecular flexibility index (Phi) is 2.26. The Morgan fingerprint density at radius 3 is 2.60 bits per heavy atom. The molecule has 1 aliphatic heterocycles. The number of rotatable bonds is 2. The van der Waals surface area contributed by atoms with Gasteiger partial charge in [0.1, 0.15) is 6.04 Å². The van der Waals surface area contributed by atoms with Crippen molar-refractivity contribution in [2.75, 3.05) is 5.33 Å². The van der Waals surface area contributed by atoms with E-state index in [0.29, 0.717) is 11.8 Å². The van der Waals surface area contributed by atoms with Gasteiger partial charge in [-0.1, -0.05) is 15.9 Å². The van der Waals surface area contributed by atoms with Crippen molar-refractivity contribution >= 4 is 27.9 Å². The predicted molar refractivity (Wildman–Crippen MR) is 38.9 cm³/mol. The average Bonchev–Trinajstić information content (AvgIpc) is 2.13. The van der Waals surface area contributed by atoms with Crippen molar-refractivity contribution in [1.82, 2.24) is 10.6 Å². The quantitative estimate of drug-likeness (QED) is 0.493. The zero-order valence-electron chi connectivity index (χ0n) is 5.19. The standard InChI is InChI=1S/C5H7BrN2O2/c6-2-1-3-4(9)8-5(10)7-3/h3H,1-2H2,(H2,7,8,9,10)/t3-/m1/s1. The molecule has 0 aromatic rings. The molecular weight excluding hydrogens is 200 g/mol. The van der Waals surface area contributed by atoms with E-state index >= 15 is 0 Å². The average molecular weight is 207 g/mol. The van der Waals surface area contributed by atoms with Crippen LogP contribution in [0.5, 0.6) is 0 Å². The predicted octanol–water partition coefficient (Wildman–Crippen LogP) is -0.0206. The van der Waals surface area contributed by atoms with E-state index in [1.807, 2.05) is 0 Å². The Bertz CT molecular complexity index is 171. The summed E-state index contributed by atoms with van der Waals surface area (Å²) in [6, 6.07) is -0.733. The largest absolute Gasteiger partial charge is 0.326 e. The second-order valence-electron chi connectivity index (χ2n) is 1.99. The van der Waals surface area contributed by atoms with Crippen LogP contribution in [0.25, 0.3) is 0 Å². The number of halogens is 1. The molecule has 10 heavy (non-hydrogen) atoms. The molecule has 1 fully saturated rings. The maximum Gasteiger partial charge on any atom is 0.322 e. The van der Waals surface area contributed by atoms with Gasteiger partial charge in [-0.2, -0.15) is 0 Å². The summed E-state index contributed by atoms with van der Waals surface area (Å²) in [5.74, 6) is -0.232. The van der Waals surface area contributed by atoms with Crippen LogP contribution in [0.3, 0.4) is 0 Å². The molecule has 56 valence electrons. The Labute approximate surface area is 66.5 Å². The lowest BCUT2D eigenvalue weighted by molar-refractivity contribution is -0.120. The molecule has 1 saturated heterocycles. The molecule has 1 rings (SSSR count). The van der Waals surface area contributed by atoms with Gasteiger partial charge in [-0.15, -0.1) is 0 Å². The van der Waals surface area contributed by atoms with Crippen molar-refractivity contribution in [3.05, 3.63) is 0 Å². The third-order valence-corrected chi connectivity index (χ3v) is 1.71. The van der Waals surface area contributed by atoms with E-state index in [2.05, 4.69) is 26.6 Å². The number of hydrogen-bond donors (Lipinski definition) is 2. The van der Waals surface area contributed by atoms with E-state index in [-0.39, 0.29) is 11.9 Å². The van der Waals surface area contributed by atoms with E-state index in [4.69, 9.17) is 0 Å². The molecule has 0 aromatic carbocycles. The molecule has 0 unspecified atom stereocenters. The number of nitrogens with one attached hydrogen (secondary N) is 2. The number of imide groups is 1. The summed E-state index contributed by atoms with van der Waals surface area (Å²) < 4.78 is 0. The summed E-state index contributed by atoms with van der Waals surface area (Å²) in [6.07, 6.45) is 0.636. The van der Waals surface area contributed by atoms with Crippen molar-refractivity contribution in [3.63, 3.8) is 0 Å². The fraction of sp³-hybridized carbons (Fsp3) is 0.600. The maximum absolute atomic E-state index is 10.8. The smallest absolute Gasteiger partial charge is 0.322 e. The highest BCUT2D eigenvalue weighted by Gasteiger charge is 2.28. The molecule has 2 N–H and O–H groups in total. The normalized spacial score (nSPS) is 24.3. The highest BCUT2D eigenvalue weighted by atomic mass is 79.9. The molecule has 0 bridgehead atoms. The molecule has 4 nitrogen and oxygen atoms in total. The van der Waals surface area contributed by atoms with E-state index in [0.717, 1.165) is 0 Å². The van der Waals surface area contributed by atoms with Gasteiger partial charge < -0.3 is 5.32 Å². The summed E-state index contributed by atoms with van der Waals surface area (Å²) >= 11 is 3.18. The lowest BCUT2D eigenvalue weighted by Crippen LogP contribution is -2.28. The van der Waals surface area contributed by atoms with Crippen LogP contribution in [0.2, 0.25) is 0 Å². The van der Waals surface area contributed by atoms with Crippen molar-refractivity contribution in [2.45, 2.75) is 12.5 Å². The van der Waals surface area contributed by atoms with E-state index in [1.165, 1.54) is 0 Å². The van der Waals surface area contributed by atoms with Gasteiger partial charge in [-0.3, -0.25) is 10.1 Å². The summed E-state index contributed by atoms with van der Waals surface area (Å²) in [5, 5.41) is 5.33. The van der Waals surface area contributed by atoms with Gasteiger partial charge in [0.25, 0.3) is 5.91 Å². The molecule has 1 heterocycles. The molecule has 3 amide bonds. The topological polar surface area (TPSA) is 58.2 Å². The van der Waals surface area contributed by atoms with Crippen molar-refractivity contribution in [1.29, 1.82) is 0 Å². The molecule has 0 aliphatic carbocycles. The summed E-state index contributed by atoms with van der Waals surface area (Å²) in [5.41, 5.74) is 0. The molecule has 5 heteroatoms. The third-order valence-electron chi connectivity index (χ3n) is 1.26. The first-order chi connectivity index (χ1) is 4.74. The fourth-order valence-corrected chi connectivity index (χ4v) is 1.23. The van der Waals surface area contributed by atoms with E-state index in [9.17, 15) is 9.59 Å². The van der Waals surface area contributed by atoms with Crippen LogP contribution in [0, 0.1) is 0 Å². The number of carbonyl (C=O) groups excluding carboxylic acids is 2. The Balaban J connectivity index is 2.46. The first-order valence-corrected chi connectivity index (χ1v) is 4.03. The van der Waals surface area contributed by atoms with Gasteiger partial charge in [0.15, 0.2) is 0 Å². The number of carbonyl (C=O) groups is 2. The molecule has 0 radical (unpaired) electrons. The Morgan fingerprint density at radius 1 is 1.50 bits per heavy atom. The van der Waals surface area contributed by atoms with E-state index < -0.39 is 6.03 Å². The molecular formula is C5H7BrN2O2. The van der Waals surface area contributed by atoms with E-state index in [1.54, 1.807) is 0 Å². The third kappa shape index (κ3) is 1.47. The second kappa shape index (κ2) is 3.01. The molecule has 1 atom stereocenters. The van der Waals surface area contributed by atoms with Crippen molar-refractivity contribution in [2.24, 2.45) is 0 Å². The molecule has 1 aliphatic rings.